The van der Waals surface area contributed by atoms with Crippen molar-refractivity contribution < 1.29 is 14.5 Å². The first-order valence-corrected chi connectivity index (χ1v) is 5.19. The number of hydrogen-bond donors (Lipinski definition) is 1. The number of aryl methyl sites for hydroxylation is 1. The number of ether oxygens (including phenoxy) is 1. The van der Waals surface area contributed by atoms with Crippen molar-refractivity contribution in [1.82, 2.24) is 0 Å². The number of esters is 1. The van der Waals surface area contributed by atoms with Crippen LogP contribution in [0, 0.1) is 17.0 Å². The number of nitro benzene ring substituents is 1. The molecule has 1 rings (SSSR count). The van der Waals surface area contributed by atoms with Crippen molar-refractivity contribution in [1.29, 1.82) is 0 Å². The molecular weight excluding hydrogens is 224 g/mol. The summed E-state index contributed by atoms with van der Waals surface area (Å²) in [5, 5.41) is 13.5. The van der Waals surface area contributed by atoms with Crippen LogP contribution in [0.1, 0.15) is 12.5 Å². The highest BCUT2D eigenvalue weighted by Crippen LogP contribution is 2.24. The second-order valence-corrected chi connectivity index (χ2v) is 3.44. The Kier molecular flexibility index (Phi) is 4.45. The van der Waals surface area contributed by atoms with E-state index in [4.69, 9.17) is 4.74 Å². The molecule has 0 atom stereocenters. The van der Waals surface area contributed by atoms with Gasteiger partial charge in [-0.15, -0.1) is 0 Å². The molecule has 0 spiro atoms. The van der Waals surface area contributed by atoms with E-state index < -0.39 is 10.9 Å². The molecule has 6 heteroatoms. The van der Waals surface area contributed by atoms with Crippen LogP contribution in [0.4, 0.5) is 11.4 Å². The second kappa shape index (κ2) is 5.83. The number of rotatable bonds is 5. The van der Waals surface area contributed by atoms with Gasteiger partial charge in [0, 0.05) is 6.07 Å². The molecule has 0 aliphatic carbocycles. The van der Waals surface area contributed by atoms with Crippen molar-refractivity contribution in [3.8, 4) is 0 Å². The lowest BCUT2D eigenvalue weighted by molar-refractivity contribution is -0.384. The Hall–Kier alpha value is -2.11. The van der Waals surface area contributed by atoms with E-state index in [0.29, 0.717) is 5.69 Å². The van der Waals surface area contributed by atoms with Gasteiger partial charge in [0.2, 0.25) is 0 Å². The van der Waals surface area contributed by atoms with Crippen LogP contribution in [-0.2, 0) is 9.53 Å². The maximum atomic E-state index is 11.1. The summed E-state index contributed by atoms with van der Waals surface area (Å²) in [6, 6.07) is 4.67. The van der Waals surface area contributed by atoms with Crippen LogP contribution in [0.3, 0.4) is 0 Å². The zero-order chi connectivity index (χ0) is 12.8. The SMILES string of the molecule is CCOC(=O)CNc1cc(C)ccc1[N+](=O)[O-]. The summed E-state index contributed by atoms with van der Waals surface area (Å²) >= 11 is 0. The fourth-order valence-electron chi connectivity index (χ4n) is 1.33. The second-order valence-electron chi connectivity index (χ2n) is 3.44. The first kappa shape index (κ1) is 13.0. The molecule has 0 saturated carbocycles. The Morgan fingerprint density at radius 1 is 1.53 bits per heavy atom. The smallest absolute Gasteiger partial charge is 0.325 e. The standard InChI is InChI=1S/C11H14N2O4/c1-3-17-11(14)7-12-9-6-8(2)4-5-10(9)13(15)16/h4-6,12H,3,7H2,1-2H3. The largest absolute Gasteiger partial charge is 0.465 e. The van der Waals surface area contributed by atoms with Crippen LogP contribution in [0.25, 0.3) is 0 Å². The van der Waals surface area contributed by atoms with Gasteiger partial charge in [-0.3, -0.25) is 14.9 Å². The molecule has 1 N–H and O–H groups in total. The van der Waals surface area contributed by atoms with Crippen molar-refractivity contribution in [2.45, 2.75) is 13.8 Å². The highest BCUT2D eigenvalue weighted by Gasteiger charge is 2.14. The Morgan fingerprint density at radius 3 is 2.82 bits per heavy atom. The maximum Gasteiger partial charge on any atom is 0.325 e. The molecule has 0 radical (unpaired) electrons. The summed E-state index contributed by atoms with van der Waals surface area (Å²) in [5.74, 6) is -0.441. The zero-order valence-electron chi connectivity index (χ0n) is 9.73. The number of carbonyl (C=O) groups excluding carboxylic acids is 1. The molecule has 0 aliphatic heterocycles. The molecule has 0 aromatic heterocycles. The van der Waals surface area contributed by atoms with E-state index in [1.807, 2.05) is 6.92 Å². The van der Waals surface area contributed by atoms with Crippen molar-refractivity contribution >= 4 is 17.3 Å². The Bertz CT molecular complexity index is 431. The molecule has 0 saturated heterocycles. The fourth-order valence-corrected chi connectivity index (χ4v) is 1.33. The summed E-state index contributed by atoms with van der Waals surface area (Å²) in [7, 11) is 0. The van der Waals surface area contributed by atoms with E-state index in [-0.39, 0.29) is 18.8 Å². The summed E-state index contributed by atoms with van der Waals surface area (Å²) < 4.78 is 4.72. The molecule has 92 valence electrons. The molecule has 0 unspecified atom stereocenters. The number of hydrogen-bond acceptors (Lipinski definition) is 5. The van der Waals surface area contributed by atoms with Gasteiger partial charge < -0.3 is 10.1 Å². The number of nitrogens with zero attached hydrogens (tertiary/aromatic N) is 1. The summed E-state index contributed by atoms with van der Waals surface area (Å²) in [5.41, 5.74) is 1.14. The van der Waals surface area contributed by atoms with Gasteiger partial charge in [-0.05, 0) is 25.5 Å². The molecule has 6 nitrogen and oxygen atoms in total. The van der Waals surface area contributed by atoms with E-state index >= 15 is 0 Å². The normalized spacial score (nSPS) is 9.76. The molecule has 1 aromatic rings. The van der Waals surface area contributed by atoms with Crippen molar-refractivity contribution in [3.05, 3.63) is 33.9 Å². The molecular formula is C11H14N2O4. The first-order valence-electron chi connectivity index (χ1n) is 5.19. The minimum absolute atomic E-state index is 0.0556. The van der Waals surface area contributed by atoms with Gasteiger partial charge in [-0.25, -0.2) is 0 Å². The Morgan fingerprint density at radius 2 is 2.24 bits per heavy atom. The Balaban J connectivity index is 2.78. The first-order chi connectivity index (χ1) is 8.04. The van der Waals surface area contributed by atoms with Gasteiger partial charge in [-0.2, -0.15) is 0 Å². The van der Waals surface area contributed by atoms with E-state index in [0.717, 1.165) is 5.56 Å². The highest BCUT2D eigenvalue weighted by atomic mass is 16.6. The van der Waals surface area contributed by atoms with Crippen LogP contribution in [0.15, 0.2) is 18.2 Å². The van der Waals surface area contributed by atoms with Crippen LogP contribution >= 0.6 is 0 Å². The quantitative estimate of drug-likeness (QED) is 0.481. The van der Waals surface area contributed by atoms with E-state index in [2.05, 4.69) is 5.32 Å². The van der Waals surface area contributed by atoms with Crippen LogP contribution in [0.2, 0.25) is 0 Å². The lowest BCUT2D eigenvalue weighted by Gasteiger charge is -2.07. The molecule has 0 bridgehead atoms. The fraction of sp³-hybridized carbons (Fsp3) is 0.364. The van der Waals surface area contributed by atoms with Crippen molar-refractivity contribution in [3.63, 3.8) is 0 Å². The third kappa shape index (κ3) is 3.75. The third-order valence-electron chi connectivity index (χ3n) is 2.08. The number of benzene rings is 1. The molecule has 0 aliphatic rings. The number of anilines is 1. The molecule has 0 amide bonds. The predicted molar refractivity (Wildman–Crippen MR) is 63.0 cm³/mol. The monoisotopic (exact) mass is 238 g/mol. The number of nitro groups is 1. The average Bonchev–Trinajstić information content (AvgIpc) is 2.26. The number of nitrogens with one attached hydrogen (secondary N) is 1. The van der Waals surface area contributed by atoms with Crippen molar-refractivity contribution in [2.24, 2.45) is 0 Å². The Labute approximate surface area is 98.7 Å². The van der Waals surface area contributed by atoms with Crippen LogP contribution < -0.4 is 5.32 Å². The molecule has 17 heavy (non-hydrogen) atoms. The van der Waals surface area contributed by atoms with Gasteiger partial charge in [0.1, 0.15) is 12.2 Å². The van der Waals surface area contributed by atoms with Gasteiger partial charge in [0.05, 0.1) is 11.5 Å². The van der Waals surface area contributed by atoms with Crippen LogP contribution in [-0.4, -0.2) is 24.0 Å². The molecule has 0 fully saturated rings. The van der Waals surface area contributed by atoms with Gasteiger partial charge in [0.25, 0.3) is 5.69 Å². The topological polar surface area (TPSA) is 81.5 Å². The summed E-state index contributed by atoms with van der Waals surface area (Å²) in [4.78, 5) is 21.4. The summed E-state index contributed by atoms with van der Waals surface area (Å²) in [6.07, 6.45) is 0. The molecule has 1 aromatic carbocycles. The van der Waals surface area contributed by atoms with E-state index in [1.165, 1.54) is 6.07 Å². The lowest BCUT2D eigenvalue weighted by Crippen LogP contribution is -2.17. The minimum Gasteiger partial charge on any atom is -0.465 e. The average molecular weight is 238 g/mol. The molecule has 0 heterocycles. The summed E-state index contributed by atoms with van der Waals surface area (Å²) in [6.45, 7) is 3.72. The lowest BCUT2D eigenvalue weighted by atomic mass is 10.2. The van der Waals surface area contributed by atoms with Crippen LogP contribution in [0.5, 0.6) is 0 Å². The van der Waals surface area contributed by atoms with Crippen molar-refractivity contribution in [2.75, 3.05) is 18.5 Å². The van der Waals surface area contributed by atoms with Gasteiger partial charge >= 0.3 is 5.97 Å². The zero-order valence-corrected chi connectivity index (χ0v) is 9.73. The third-order valence-corrected chi connectivity index (χ3v) is 2.08. The minimum atomic E-state index is -0.493. The highest BCUT2D eigenvalue weighted by molar-refractivity contribution is 5.76. The van der Waals surface area contributed by atoms with E-state index in [1.54, 1.807) is 19.1 Å². The predicted octanol–water partition coefficient (Wildman–Crippen LogP) is 1.88. The van der Waals surface area contributed by atoms with E-state index in [9.17, 15) is 14.9 Å². The van der Waals surface area contributed by atoms with Gasteiger partial charge in [0.15, 0.2) is 0 Å². The number of carbonyl (C=O) groups is 1. The maximum absolute atomic E-state index is 11.1. The van der Waals surface area contributed by atoms with Gasteiger partial charge in [-0.1, -0.05) is 6.07 Å².